The van der Waals surface area contributed by atoms with Crippen molar-refractivity contribution in [2.24, 2.45) is 0 Å². The summed E-state index contributed by atoms with van der Waals surface area (Å²) >= 11 is 0. The van der Waals surface area contributed by atoms with Crippen molar-refractivity contribution in [2.75, 3.05) is 0 Å². The van der Waals surface area contributed by atoms with Crippen molar-refractivity contribution in [3.05, 3.63) is 35.8 Å². The van der Waals surface area contributed by atoms with Crippen LogP contribution in [0.5, 0.6) is 0 Å². The molecule has 0 N–H and O–H groups in total. The lowest BCUT2D eigenvalue weighted by Gasteiger charge is -2.19. The number of allylic oxidation sites excluding steroid dienone is 1. The van der Waals surface area contributed by atoms with E-state index in [4.69, 9.17) is 4.42 Å². The van der Waals surface area contributed by atoms with E-state index in [1.807, 2.05) is 12.3 Å². The summed E-state index contributed by atoms with van der Waals surface area (Å²) < 4.78 is 5.49. The molecule has 13 heavy (non-hydrogen) atoms. The molecular weight excluding hydrogens is 160 g/mol. The first kappa shape index (κ1) is 10.1. The third-order valence-electron chi connectivity index (χ3n) is 2.13. The third-order valence-corrected chi connectivity index (χ3v) is 2.13. The molecule has 0 saturated carbocycles. The summed E-state index contributed by atoms with van der Waals surface area (Å²) in [6.45, 7) is 12.4. The Hall–Kier alpha value is -0.980. The fourth-order valence-corrected chi connectivity index (χ4v) is 1.79. The van der Waals surface area contributed by atoms with Gasteiger partial charge in [0.25, 0.3) is 0 Å². The summed E-state index contributed by atoms with van der Waals surface area (Å²) in [7, 11) is 0. The van der Waals surface area contributed by atoms with E-state index in [1.165, 1.54) is 11.1 Å². The molecule has 0 unspecified atom stereocenters. The van der Waals surface area contributed by atoms with Gasteiger partial charge in [0.2, 0.25) is 0 Å². The average molecular weight is 178 g/mol. The molecule has 0 radical (unpaired) electrons. The van der Waals surface area contributed by atoms with Gasteiger partial charge in [-0.1, -0.05) is 26.8 Å². The van der Waals surface area contributed by atoms with Gasteiger partial charge in [-0.3, -0.25) is 0 Å². The summed E-state index contributed by atoms with van der Waals surface area (Å²) in [4.78, 5) is 0. The Morgan fingerprint density at radius 3 is 2.54 bits per heavy atom. The van der Waals surface area contributed by atoms with Crippen LogP contribution in [-0.2, 0) is 11.8 Å². The van der Waals surface area contributed by atoms with Crippen LogP contribution in [0.1, 0.15) is 37.7 Å². The number of hydrogen-bond acceptors (Lipinski definition) is 1. The Balaban J connectivity index is 3.16. The quantitative estimate of drug-likeness (QED) is 0.630. The summed E-state index contributed by atoms with van der Waals surface area (Å²) in [5, 5.41) is 0. The predicted octanol–water partition coefficient (Wildman–Crippen LogP) is 3.61. The van der Waals surface area contributed by atoms with Crippen LogP contribution in [0.4, 0.5) is 0 Å². The monoisotopic (exact) mass is 178 g/mol. The zero-order valence-corrected chi connectivity index (χ0v) is 8.98. The van der Waals surface area contributed by atoms with Gasteiger partial charge in [0.15, 0.2) is 0 Å². The minimum atomic E-state index is 0.162. The molecular formula is C12H18O. The van der Waals surface area contributed by atoms with Crippen molar-refractivity contribution in [1.29, 1.82) is 0 Å². The second-order valence-corrected chi connectivity index (χ2v) is 4.46. The van der Waals surface area contributed by atoms with Crippen LogP contribution in [0, 0.1) is 6.92 Å². The molecule has 0 aromatic carbocycles. The molecule has 0 aliphatic carbocycles. The van der Waals surface area contributed by atoms with E-state index in [2.05, 4.69) is 34.3 Å². The zero-order chi connectivity index (χ0) is 10.1. The molecule has 0 atom stereocenters. The van der Waals surface area contributed by atoms with Crippen molar-refractivity contribution in [3.8, 4) is 0 Å². The molecule has 0 saturated heterocycles. The minimum absolute atomic E-state index is 0.162. The van der Waals surface area contributed by atoms with Gasteiger partial charge < -0.3 is 4.42 Å². The molecule has 72 valence electrons. The van der Waals surface area contributed by atoms with E-state index in [0.29, 0.717) is 0 Å². The number of hydrogen-bond donors (Lipinski definition) is 0. The molecule has 1 aromatic heterocycles. The Kier molecular flexibility index (Phi) is 2.65. The molecule has 1 aromatic rings. The summed E-state index contributed by atoms with van der Waals surface area (Å²) in [6, 6.07) is 0. The fraction of sp³-hybridized carbons (Fsp3) is 0.500. The second-order valence-electron chi connectivity index (χ2n) is 4.46. The lowest BCUT2D eigenvalue weighted by atomic mass is 9.84. The van der Waals surface area contributed by atoms with Crippen LogP contribution >= 0.6 is 0 Å². The standard InChI is InChI=1S/C12H18O/c1-6-7-10-11(12(3,4)5)9(2)8-13-10/h6,8H,1,7H2,2-5H3. The molecule has 0 fully saturated rings. The minimum Gasteiger partial charge on any atom is -0.468 e. The Bertz CT molecular complexity index is 299. The van der Waals surface area contributed by atoms with Gasteiger partial charge in [-0.05, 0) is 17.9 Å². The molecule has 1 rings (SSSR count). The molecule has 1 heteroatoms. The molecule has 0 bridgehead atoms. The SMILES string of the molecule is C=CCc1occ(C)c1C(C)(C)C. The van der Waals surface area contributed by atoms with Gasteiger partial charge >= 0.3 is 0 Å². The summed E-state index contributed by atoms with van der Waals surface area (Å²) in [5.41, 5.74) is 2.73. The maximum Gasteiger partial charge on any atom is 0.111 e. The highest BCUT2D eigenvalue weighted by Crippen LogP contribution is 2.30. The van der Waals surface area contributed by atoms with Crippen LogP contribution in [0.15, 0.2) is 23.3 Å². The highest BCUT2D eigenvalue weighted by molar-refractivity contribution is 5.34. The Labute approximate surface area is 80.5 Å². The van der Waals surface area contributed by atoms with Gasteiger partial charge in [-0.25, -0.2) is 0 Å². The van der Waals surface area contributed by atoms with Crippen molar-refractivity contribution >= 4 is 0 Å². The average Bonchev–Trinajstić information content (AvgIpc) is 2.31. The van der Waals surface area contributed by atoms with Crippen LogP contribution in [0.3, 0.4) is 0 Å². The largest absolute Gasteiger partial charge is 0.468 e. The highest BCUT2D eigenvalue weighted by atomic mass is 16.3. The van der Waals surface area contributed by atoms with Gasteiger partial charge in [-0.2, -0.15) is 0 Å². The zero-order valence-electron chi connectivity index (χ0n) is 8.98. The summed E-state index contributed by atoms with van der Waals surface area (Å²) in [6.07, 6.45) is 4.54. The van der Waals surface area contributed by atoms with Crippen LogP contribution in [0.25, 0.3) is 0 Å². The topological polar surface area (TPSA) is 13.1 Å². The van der Waals surface area contributed by atoms with Crippen molar-refractivity contribution < 1.29 is 4.42 Å². The van der Waals surface area contributed by atoms with Gasteiger partial charge in [0.05, 0.1) is 6.26 Å². The molecule has 0 amide bonds. The molecule has 0 aliphatic rings. The number of furan rings is 1. The maximum atomic E-state index is 5.49. The van der Waals surface area contributed by atoms with Crippen LogP contribution in [0.2, 0.25) is 0 Å². The summed E-state index contributed by atoms with van der Waals surface area (Å²) in [5.74, 6) is 1.06. The van der Waals surface area contributed by atoms with Crippen molar-refractivity contribution in [3.63, 3.8) is 0 Å². The Morgan fingerprint density at radius 1 is 1.46 bits per heavy atom. The van der Waals surface area contributed by atoms with Gasteiger partial charge in [-0.15, -0.1) is 6.58 Å². The van der Waals surface area contributed by atoms with Gasteiger partial charge in [0.1, 0.15) is 5.76 Å². The molecule has 1 heterocycles. The van der Waals surface area contributed by atoms with E-state index in [1.54, 1.807) is 0 Å². The third kappa shape index (κ3) is 2.03. The van der Waals surface area contributed by atoms with E-state index in [-0.39, 0.29) is 5.41 Å². The smallest absolute Gasteiger partial charge is 0.111 e. The fourth-order valence-electron chi connectivity index (χ4n) is 1.79. The van der Waals surface area contributed by atoms with Crippen LogP contribution < -0.4 is 0 Å². The predicted molar refractivity (Wildman–Crippen MR) is 56.0 cm³/mol. The maximum absolute atomic E-state index is 5.49. The molecule has 1 nitrogen and oxygen atoms in total. The first-order chi connectivity index (χ1) is 5.96. The molecule has 0 aliphatic heterocycles. The first-order valence-corrected chi connectivity index (χ1v) is 4.65. The van der Waals surface area contributed by atoms with E-state index < -0.39 is 0 Å². The van der Waals surface area contributed by atoms with E-state index in [9.17, 15) is 0 Å². The van der Waals surface area contributed by atoms with E-state index >= 15 is 0 Å². The highest BCUT2D eigenvalue weighted by Gasteiger charge is 2.22. The van der Waals surface area contributed by atoms with Crippen LogP contribution in [-0.4, -0.2) is 0 Å². The Morgan fingerprint density at radius 2 is 2.08 bits per heavy atom. The van der Waals surface area contributed by atoms with E-state index in [0.717, 1.165) is 12.2 Å². The lowest BCUT2D eigenvalue weighted by Crippen LogP contribution is -2.13. The molecule has 0 spiro atoms. The van der Waals surface area contributed by atoms with Crippen molar-refractivity contribution in [1.82, 2.24) is 0 Å². The second kappa shape index (κ2) is 3.41. The number of aryl methyl sites for hydroxylation is 1. The van der Waals surface area contributed by atoms with Crippen molar-refractivity contribution in [2.45, 2.75) is 39.5 Å². The van der Waals surface area contributed by atoms with Gasteiger partial charge in [0, 0.05) is 12.0 Å². The lowest BCUT2D eigenvalue weighted by molar-refractivity contribution is 0.496. The number of rotatable bonds is 2. The normalized spacial score (nSPS) is 11.7. The first-order valence-electron chi connectivity index (χ1n) is 4.65.